The number of tetrazole rings is 1. The normalized spacial score (nSPS) is 13.7. The van der Waals surface area contributed by atoms with E-state index in [9.17, 15) is 4.79 Å². The van der Waals surface area contributed by atoms with Gasteiger partial charge in [-0.15, -0.1) is 10.2 Å². The minimum absolute atomic E-state index is 0.239. The van der Waals surface area contributed by atoms with Gasteiger partial charge in [-0.2, -0.15) is 9.78 Å². The largest absolute Gasteiger partial charge is 0.480 e. The Morgan fingerprint density at radius 1 is 1.08 bits per heavy atom. The number of imidazole rings is 1. The van der Waals surface area contributed by atoms with Gasteiger partial charge < -0.3 is 24.5 Å². The fourth-order valence-corrected chi connectivity index (χ4v) is 4.42. The number of hydrogen-bond donors (Lipinski definition) is 2. The Morgan fingerprint density at radius 3 is 2.68 bits per heavy atom. The minimum Gasteiger partial charge on any atom is -0.480 e. The first-order valence-electron chi connectivity index (χ1n) is 11.8. The van der Waals surface area contributed by atoms with Gasteiger partial charge in [-0.3, -0.25) is 4.79 Å². The Labute approximate surface area is 220 Å². The summed E-state index contributed by atoms with van der Waals surface area (Å²) in [4.78, 5) is 26.4. The van der Waals surface area contributed by atoms with Gasteiger partial charge in [0.1, 0.15) is 5.75 Å². The second kappa shape index (κ2) is 10.1. The fourth-order valence-electron chi connectivity index (χ4n) is 4.16. The van der Waals surface area contributed by atoms with E-state index in [1.54, 1.807) is 30.3 Å². The lowest BCUT2D eigenvalue weighted by Crippen LogP contribution is -2.36. The van der Waals surface area contributed by atoms with E-state index < -0.39 is 5.97 Å². The highest BCUT2D eigenvalue weighted by molar-refractivity contribution is 6.33. The number of carboxylic acid groups (broad SMARTS) is 1. The summed E-state index contributed by atoms with van der Waals surface area (Å²) in [7, 11) is 0. The van der Waals surface area contributed by atoms with Crippen LogP contribution >= 0.6 is 11.6 Å². The fraction of sp³-hybridized carbons (Fsp3) is 0.200. The van der Waals surface area contributed by atoms with Crippen LogP contribution in [0.25, 0.3) is 33.8 Å². The third kappa shape index (κ3) is 4.99. The van der Waals surface area contributed by atoms with Crippen LogP contribution in [0.15, 0.2) is 54.6 Å². The monoisotopic (exact) mass is 532 g/mol. The summed E-state index contributed by atoms with van der Waals surface area (Å²) < 4.78 is 11.4. The van der Waals surface area contributed by atoms with Crippen molar-refractivity contribution in [1.29, 1.82) is 0 Å². The van der Waals surface area contributed by atoms with Gasteiger partial charge in [0.25, 0.3) is 0 Å². The van der Waals surface area contributed by atoms with Crippen molar-refractivity contribution < 1.29 is 19.4 Å². The molecule has 38 heavy (non-hydrogen) atoms. The number of carbonyl (C=O) groups is 1. The number of hydrogen-bond acceptors (Lipinski definition) is 9. The maximum atomic E-state index is 10.9. The lowest BCUT2D eigenvalue weighted by Gasteiger charge is -2.28. The van der Waals surface area contributed by atoms with Crippen molar-refractivity contribution in [1.82, 2.24) is 35.2 Å². The molecule has 0 atom stereocenters. The van der Waals surface area contributed by atoms with Crippen LogP contribution in [-0.2, 0) is 16.1 Å². The molecule has 0 amide bonds. The molecule has 192 valence electrons. The number of rotatable bonds is 7. The molecule has 0 aliphatic carbocycles. The number of carboxylic acids is 1. The van der Waals surface area contributed by atoms with Crippen molar-refractivity contribution in [3.05, 3.63) is 59.6 Å². The van der Waals surface area contributed by atoms with Crippen molar-refractivity contribution >= 4 is 34.4 Å². The number of aromatic amines is 1. The van der Waals surface area contributed by atoms with Crippen LogP contribution in [0.4, 0.5) is 5.69 Å². The summed E-state index contributed by atoms with van der Waals surface area (Å²) >= 11 is 6.58. The lowest BCUT2D eigenvalue weighted by molar-refractivity contribution is -0.138. The molecule has 0 saturated carbocycles. The van der Waals surface area contributed by atoms with Crippen LogP contribution in [0.5, 0.6) is 11.8 Å². The zero-order valence-corrected chi connectivity index (χ0v) is 20.7. The Hall–Kier alpha value is -4.55. The number of H-pyrrole nitrogens is 1. The zero-order chi connectivity index (χ0) is 26.1. The van der Waals surface area contributed by atoms with Gasteiger partial charge in [-0.05, 0) is 35.5 Å². The van der Waals surface area contributed by atoms with Gasteiger partial charge >= 0.3 is 12.0 Å². The van der Waals surface area contributed by atoms with Gasteiger partial charge in [0, 0.05) is 29.9 Å². The van der Waals surface area contributed by atoms with E-state index in [0.29, 0.717) is 33.2 Å². The summed E-state index contributed by atoms with van der Waals surface area (Å²) in [5.41, 5.74) is 4.35. The van der Waals surface area contributed by atoms with E-state index in [4.69, 9.17) is 26.2 Å². The third-order valence-electron chi connectivity index (χ3n) is 5.96. The maximum absolute atomic E-state index is 10.9. The van der Waals surface area contributed by atoms with E-state index >= 15 is 0 Å². The van der Waals surface area contributed by atoms with Crippen molar-refractivity contribution in [2.45, 2.75) is 6.54 Å². The van der Waals surface area contributed by atoms with E-state index in [2.05, 4.69) is 47.4 Å². The number of aliphatic carboxylic acids is 1. The van der Waals surface area contributed by atoms with Crippen LogP contribution < -0.4 is 9.64 Å². The number of nitrogens with zero attached hydrogens (tertiary/aromatic N) is 7. The molecule has 13 heteroatoms. The first-order valence-corrected chi connectivity index (χ1v) is 12.2. The molecule has 5 aromatic rings. The maximum Gasteiger partial charge on any atom is 0.327 e. The van der Waals surface area contributed by atoms with Crippen LogP contribution in [0, 0.1) is 0 Å². The number of anilines is 1. The predicted molar refractivity (Wildman–Crippen MR) is 138 cm³/mol. The molecule has 6 rings (SSSR count). The number of pyridine rings is 1. The first-order chi connectivity index (χ1) is 18.5. The highest BCUT2D eigenvalue weighted by atomic mass is 35.5. The molecule has 2 N–H and O–H groups in total. The average molecular weight is 533 g/mol. The average Bonchev–Trinajstić information content (AvgIpc) is 3.55. The van der Waals surface area contributed by atoms with Gasteiger partial charge in [0.15, 0.2) is 12.2 Å². The molecule has 2 aromatic carbocycles. The molecular weight excluding hydrogens is 512 g/mol. The van der Waals surface area contributed by atoms with E-state index in [0.717, 1.165) is 42.4 Å². The SMILES string of the molecule is O=C(O)Cn1nnc(-c2cccc(Oc3nc4nc(-c5ccc(N6CCOCC6)cc5)c(Cl)cc4[nH]3)c2)n1. The van der Waals surface area contributed by atoms with Crippen molar-refractivity contribution in [3.8, 4) is 34.4 Å². The molecule has 12 nitrogen and oxygen atoms in total. The van der Waals surface area contributed by atoms with Gasteiger partial charge in [-0.1, -0.05) is 35.9 Å². The van der Waals surface area contributed by atoms with Crippen molar-refractivity contribution in [3.63, 3.8) is 0 Å². The summed E-state index contributed by atoms with van der Waals surface area (Å²) in [5, 5.41) is 21.1. The third-order valence-corrected chi connectivity index (χ3v) is 6.25. The standard InChI is InChI=1S/C25H21ClN8O4/c26-19-13-20-24(28-22(19)15-4-6-17(7-5-15)33-8-10-37-11-9-33)29-25(27-20)38-18-3-1-2-16(12-18)23-30-32-34(31-23)14-21(35)36/h1-7,12-13H,8-11,14H2,(H,35,36)(H,27,28,29). The topological polar surface area (TPSA) is 144 Å². The number of fused-ring (bicyclic) bond motifs is 1. The molecule has 1 aliphatic rings. The highest BCUT2D eigenvalue weighted by Crippen LogP contribution is 2.32. The number of benzene rings is 2. The zero-order valence-electron chi connectivity index (χ0n) is 19.9. The molecule has 0 spiro atoms. The molecule has 0 radical (unpaired) electrons. The summed E-state index contributed by atoms with van der Waals surface area (Å²) in [6.07, 6.45) is 0. The molecule has 3 aromatic heterocycles. The lowest BCUT2D eigenvalue weighted by atomic mass is 10.1. The molecular formula is C25H21ClN8O4. The van der Waals surface area contributed by atoms with Crippen LogP contribution in [0.3, 0.4) is 0 Å². The van der Waals surface area contributed by atoms with E-state index in [1.807, 2.05) is 12.1 Å². The summed E-state index contributed by atoms with van der Waals surface area (Å²) in [6, 6.07) is 17.1. The molecule has 1 aliphatic heterocycles. The Morgan fingerprint density at radius 2 is 1.89 bits per heavy atom. The van der Waals surface area contributed by atoms with E-state index in [-0.39, 0.29) is 18.4 Å². The minimum atomic E-state index is -1.06. The summed E-state index contributed by atoms with van der Waals surface area (Å²) in [6.45, 7) is 2.81. The van der Waals surface area contributed by atoms with E-state index in [1.165, 1.54) is 0 Å². The Kier molecular flexibility index (Phi) is 6.32. The number of halogens is 1. The first kappa shape index (κ1) is 23.8. The number of nitrogens with one attached hydrogen (secondary N) is 1. The van der Waals surface area contributed by atoms with Crippen LogP contribution in [0.1, 0.15) is 0 Å². The number of aromatic nitrogens is 7. The molecule has 4 heterocycles. The van der Waals surface area contributed by atoms with Crippen LogP contribution in [-0.4, -0.2) is 72.5 Å². The number of ether oxygens (including phenoxy) is 2. The second-order valence-electron chi connectivity index (χ2n) is 8.55. The summed E-state index contributed by atoms with van der Waals surface area (Å²) in [5.74, 6) is -0.307. The van der Waals surface area contributed by atoms with Crippen molar-refractivity contribution in [2.24, 2.45) is 0 Å². The van der Waals surface area contributed by atoms with Gasteiger partial charge in [0.05, 0.1) is 29.4 Å². The van der Waals surface area contributed by atoms with Gasteiger partial charge in [0.2, 0.25) is 5.82 Å². The smallest absolute Gasteiger partial charge is 0.327 e. The molecule has 1 saturated heterocycles. The Balaban J connectivity index is 1.22. The van der Waals surface area contributed by atoms with Gasteiger partial charge in [-0.25, -0.2) is 4.98 Å². The highest BCUT2D eigenvalue weighted by Gasteiger charge is 2.15. The Bertz CT molecular complexity index is 1610. The number of morpholine rings is 1. The molecule has 1 fully saturated rings. The predicted octanol–water partition coefficient (Wildman–Crippen LogP) is 3.65. The molecule has 0 unspecified atom stereocenters. The van der Waals surface area contributed by atoms with Crippen molar-refractivity contribution in [2.75, 3.05) is 31.2 Å². The quantitative estimate of drug-likeness (QED) is 0.318. The second-order valence-corrected chi connectivity index (χ2v) is 8.95. The van der Waals surface area contributed by atoms with Crippen LogP contribution in [0.2, 0.25) is 5.02 Å². The molecule has 0 bridgehead atoms.